The lowest BCUT2D eigenvalue weighted by Gasteiger charge is -2.09. The zero-order chi connectivity index (χ0) is 14.8. The second kappa shape index (κ2) is 5.74. The van der Waals surface area contributed by atoms with Crippen molar-refractivity contribution in [2.24, 2.45) is 0 Å². The van der Waals surface area contributed by atoms with Crippen molar-refractivity contribution in [3.63, 3.8) is 0 Å². The monoisotopic (exact) mass is 314 g/mol. The van der Waals surface area contributed by atoms with E-state index in [1.807, 2.05) is 0 Å². The van der Waals surface area contributed by atoms with Crippen molar-refractivity contribution in [3.8, 4) is 11.5 Å². The fourth-order valence-electron chi connectivity index (χ4n) is 1.44. The molecule has 2 aromatic heterocycles. The number of hydrogen-bond donors (Lipinski definition) is 1. The van der Waals surface area contributed by atoms with E-state index in [9.17, 15) is 13.5 Å². The van der Waals surface area contributed by atoms with Gasteiger partial charge in [0.1, 0.15) is 16.6 Å². The molecule has 2 aromatic rings. The molecule has 0 saturated heterocycles. The van der Waals surface area contributed by atoms with Gasteiger partial charge in [0.2, 0.25) is 0 Å². The fourth-order valence-corrected chi connectivity index (χ4v) is 2.17. The van der Waals surface area contributed by atoms with Gasteiger partial charge in [-0.1, -0.05) is 11.6 Å². The zero-order valence-electron chi connectivity index (χ0n) is 10.4. The Labute approximate surface area is 120 Å². The number of sulfone groups is 1. The summed E-state index contributed by atoms with van der Waals surface area (Å²) in [6.07, 6.45) is 2.36. The van der Waals surface area contributed by atoms with Crippen LogP contribution in [0.3, 0.4) is 0 Å². The lowest BCUT2D eigenvalue weighted by molar-refractivity contribution is 0.271. The van der Waals surface area contributed by atoms with Crippen LogP contribution in [0.2, 0.25) is 5.15 Å². The number of ether oxygens (including phenoxy) is 1. The van der Waals surface area contributed by atoms with Crippen LogP contribution in [-0.4, -0.2) is 29.7 Å². The Balaban J connectivity index is 2.27. The van der Waals surface area contributed by atoms with Crippen molar-refractivity contribution in [2.45, 2.75) is 11.6 Å². The number of aliphatic hydroxyl groups excluding tert-OH is 1. The van der Waals surface area contributed by atoms with Crippen LogP contribution in [0.4, 0.5) is 0 Å². The number of hydrogen-bond acceptors (Lipinski definition) is 6. The molecule has 106 valence electrons. The average Bonchev–Trinajstić information content (AvgIpc) is 2.40. The summed E-state index contributed by atoms with van der Waals surface area (Å²) in [6.45, 7) is -0.329. The summed E-state index contributed by atoms with van der Waals surface area (Å²) in [4.78, 5) is 7.72. The van der Waals surface area contributed by atoms with E-state index in [1.165, 1.54) is 24.4 Å². The van der Waals surface area contributed by atoms with Gasteiger partial charge < -0.3 is 9.84 Å². The third-order valence-corrected chi connectivity index (χ3v) is 3.58. The number of pyridine rings is 2. The van der Waals surface area contributed by atoms with Crippen LogP contribution in [0.5, 0.6) is 11.5 Å². The summed E-state index contributed by atoms with van der Waals surface area (Å²) in [7, 11) is -3.35. The van der Waals surface area contributed by atoms with Crippen molar-refractivity contribution in [1.29, 1.82) is 0 Å². The molecular weight excluding hydrogens is 304 g/mol. The van der Waals surface area contributed by atoms with E-state index >= 15 is 0 Å². The van der Waals surface area contributed by atoms with E-state index < -0.39 is 9.84 Å². The van der Waals surface area contributed by atoms with E-state index in [2.05, 4.69) is 9.97 Å². The first kappa shape index (κ1) is 14.7. The summed E-state index contributed by atoms with van der Waals surface area (Å²) in [6, 6.07) is 5.89. The summed E-state index contributed by atoms with van der Waals surface area (Å²) in [5, 5.41) is 9.38. The first-order valence-corrected chi connectivity index (χ1v) is 7.77. The maximum Gasteiger partial charge on any atom is 0.192 e. The van der Waals surface area contributed by atoms with E-state index in [1.54, 1.807) is 6.07 Å². The topological polar surface area (TPSA) is 89.4 Å². The summed E-state index contributed by atoms with van der Waals surface area (Å²) in [5.74, 6) is 0.655. The molecule has 0 fully saturated rings. The van der Waals surface area contributed by atoms with Crippen LogP contribution in [0.25, 0.3) is 0 Å². The molecule has 0 aliphatic carbocycles. The maximum atomic E-state index is 11.3. The highest BCUT2D eigenvalue weighted by molar-refractivity contribution is 7.90. The van der Waals surface area contributed by atoms with Crippen molar-refractivity contribution >= 4 is 21.4 Å². The normalized spacial score (nSPS) is 11.3. The van der Waals surface area contributed by atoms with Crippen molar-refractivity contribution < 1.29 is 18.3 Å². The molecule has 0 unspecified atom stereocenters. The summed E-state index contributed by atoms with van der Waals surface area (Å²) in [5.41, 5.74) is 0.282. The molecule has 0 radical (unpaired) electrons. The third-order valence-electron chi connectivity index (χ3n) is 2.37. The minimum absolute atomic E-state index is 0.0403. The van der Waals surface area contributed by atoms with Gasteiger partial charge in [-0.2, -0.15) is 0 Å². The van der Waals surface area contributed by atoms with Crippen molar-refractivity contribution in [2.75, 3.05) is 6.26 Å². The molecular formula is C12H11ClN2O4S. The standard InChI is InChI=1S/C12H11ClN2O4S/c1-20(17,18)12-5-2-8(6-14-12)19-10-3-4-11(13)15-9(10)7-16/h2-6,16H,7H2,1H3. The first-order valence-electron chi connectivity index (χ1n) is 5.50. The van der Waals surface area contributed by atoms with E-state index in [0.29, 0.717) is 11.5 Å². The van der Waals surface area contributed by atoms with E-state index in [-0.39, 0.29) is 22.5 Å². The lowest BCUT2D eigenvalue weighted by atomic mass is 10.3. The number of aromatic nitrogens is 2. The molecule has 0 aliphatic heterocycles. The van der Waals surface area contributed by atoms with Crippen LogP contribution in [0.15, 0.2) is 35.5 Å². The number of nitrogens with zero attached hydrogens (tertiary/aromatic N) is 2. The average molecular weight is 315 g/mol. The molecule has 0 saturated carbocycles. The molecule has 0 amide bonds. The molecule has 2 heterocycles. The molecule has 20 heavy (non-hydrogen) atoms. The minimum Gasteiger partial charge on any atom is -0.454 e. The van der Waals surface area contributed by atoms with Gasteiger partial charge in [-0.05, 0) is 24.3 Å². The second-order valence-electron chi connectivity index (χ2n) is 3.94. The van der Waals surface area contributed by atoms with Gasteiger partial charge in [0, 0.05) is 6.26 Å². The molecule has 2 rings (SSSR count). The smallest absolute Gasteiger partial charge is 0.192 e. The van der Waals surface area contributed by atoms with Crippen LogP contribution < -0.4 is 4.74 Å². The maximum absolute atomic E-state index is 11.3. The zero-order valence-corrected chi connectivity index (χ0v) is 12.0. The molecule has 8 heteroatoms. The fraction of sp³-hybridized carbons (Fsp3) is 0.167. The third kappa shape index (κ3) is 3.44. The van der Waals surface area contributed by atoms with Gasteiger partial charge in [-0.3, -0.25) is 0 Å². The predicted molar refractivity (Wildman–Crippen MR) is 72.6 cm³/mol. The quantitative estimate of drug-likeness (QED) is 0.866. The van der Waals surface area contributed by atoms with Gasteiger partial charge in [0.05, 0.1) is 12.8 Å². The van der Waals surface area contributed by atoms with Crippen molar-refractivity contribution in [1.82, 2.24) is 9.97 Å². The molecule has 1 N–H and O–H groups in total. The Hall–Kier alpha value is -1.70. The largest absolute Gasteiger partial charge is 0.454 e. The number of rotatable bonds is 4. The Kier molecular flexibility index (Phi) is 4.22. The van der Waals surface area contributed by atoms with Crippen LogP contribution in [-0.2, 0) is 16.4 Å². The Morgan fingerprint density at radius 2 is 2.05 bits per heavy atom. The highest BCUT2D eigenvalue weighted by atomic mass is 35.5. The Bertz CT molecular complexity index is 717. The van der Waals surface area contributed by atoms with Gasteiger partial charge >= 0.3 is 0 Å². The summed E-state index contributed by atoms with van der Waals surface area (Å²) < 4.78 is 28.0. The van der Waals surface area contributed by atoms with Gasteiger partial charge in [0.15, 0.2) is 20.6 Å². The first-order chi connectivity index (χ1) is 9.40. The Morgan fingerprint density at radius 1 is 1.30 bits per heavy atom. The highest BCUT2D eigenvalue weighted by Gasteiger charge is 2.10. The summed E-state index contributed by atoms with van der Waals surface area (Å²) >= 11 is 5.71. The highest BCUT2D eigenvalue weighted by Crippen LogP contribution is 2.25. The molecule has 0 aromatic carbocycles. The minimum atomic E-state index is -3.35. The predicted octanol–water partition coefficient (Wildman–Crippen LogP) is 1.82. The lowest BCUT2D eigenvalue weighted by Crippen LogP contribution is -2.00. The van der Waals surface area contributed by atoms with Gasteiger partial charge in [-0.25, -0.2) is 18.4 Å². The molecule has 0 atom stereocenters. The Morgan fingerprint density at radius 3 is 2.60 bits per heavy atom. The molecule has 0 bridgehead atoms. The molecule has 6 nitrogen and oxygen atoms in total. The van der Waals surface area contributed by atoms with Gasteiger partial charge in [-0.15, -0.1) is 0 Å². The van der Waals surface area contributed by atoms with Crippen molar-refractivity contribution in [3.05, 3.63) is 41.3 Å². The van der Waals surface area contributed by atoms with E-state index in [0.717, 1.165) is 6.26 Å². The second-order valence-corrected chi connectivity index (χ2v) is 6.29. The number of aliphatic hydroxyl groups is 1. The number of halogens is 1. The SMILES string of the molecule is CS(=O)(=O)c1ccc(Oc2ccc(Cl)nc2CO)cn1. The van der Waals surface area contributed by atoms with Crippen LogP contribution >= 0.6 is 11.6 Å². The molecule has 0 aliphatic rings. The van der Waals surface area contributed by atoms with Gasteiger partial charge in [0.25, 0.3) is 0 Å². The van der Waals surface area contributed by atoms with Crippen LogP contribution in [0.1, 0.15) is 5.69 Å². The van der Waals surface area contributed by atoms with Crippen LogP contribution in [0, 0.1) is 0 Å². The van der Waals surface area contributed by atoms with E-state index in [4.69, 9.17) is 16.3 Å². The molecule has 0 spiro atoms.